The number of thiazole rings is 1. The maximum absolute atomic E-state index is 11.8. The summed E-state index contributed by atoms with van der Waals surface area (Å²) in [6.07, 6.45) is 3.19. The Hall–Kier alpha value is -2.72. The molecule has 0 aliphatic heterocycles. The molecule has 1 heterocycles. The van der Waals surface area contributed by atoms with Gasteiger partial charge in [0.1, 0.15) is 11.6 Å². The fraction of sp³-hybridized carbons (Fsp3) is 0.100. The highest BCUT2D eigenvalue weighted by Crippen LogP contribution is 2.23. The fourth-order valence-corrected chi connectivity index (χ4v) is 2.93. The molecule has 0 saturated carbocycles. The Kier molecular flexibility index (Phi) is 5.18. The first-order valence-corrected chi connectivity index (χ1v) is 8.50. The number of hydrogen-bond acceptors (Lipinski definition) is 4. The van der Waals surface area contributed by atoms with Crippen molar-refractivity contribution in [3.63, 3.8) is 0 Å². The van der Waals surface area contributed by atoms with Crippen molar-refractivity contribution in [1.82, 2.24) is 4.98 Å². The van der Waals surface area contributed by atoms with Crippen molar-refractivity contribution in [3.8, 4) is 10.6 Å². The molecule has 1 aromatic heterocycles. The molecule has 0 atom stereocenters. The van der Waals surface area contributed by atoms with Gasteiger partial charge in [0, 0.05) is 17.0 Å². The molecule has 0 aliphatic rings. The first-order valence-electron chi connectivity index (χ1n) is 7.62. The van der Waals surface area contributed by atoms with Gasteiger partial charge in [0.05, 0.1) is 5.69 Å². The molecule has 0 radical (unpaired) electrons. The minimum atomic E-state index is -0.371. The molecule has 0 saturated heterocycles. The van der Waals surface area contributed by atoms with Crippen molar-refractivity contribution in [3.05, 3.63) is 82.9 Å². The van der Waals surface area contributed by atoms with Gasteiger partial charge >= 0.3 is 5.97 Å². The van der Waals surface area contributed by atoms with Gasteiger partial charge < -0.3 is 4.74 Å². The lowest BCUT2D eigenvalue weighted by Gasteiger charge is -1.99. The molecule has 3 nitrogen and oxygen atoms in total. The Bertz CT molecular complexity index is 836. The number of carbonyl (C=O) groups excluding carboxylic acids is 1. The van der Waals surface area contributed by atoms with Crippen LogP contribution in [0, 0.1) is 6.92 Å². The number of ether oxygens (including phenoxy) is 1. The van der Waals surface area contributed by atoms with E-state index in [9.17, 15) is 4.79 Å². The average Bonchev–Trinajstić information content (AvgIpc) is 3.09. The van der Waals surface area contributed by atoms with Crippen molar-refractivity contribution < 1.29 is 9.53 Å². The van der Waals surface area contributed by atoms with Crippen LogP contribution in [-0.4, -0.2) is 11.0 Å². The van der Waals surface area contributed by atoms with Crippen molar-refractivity contribution in [2.45, 2.75) is 13.5 Å². The highest BCUT2D eigenvalue weighted by Gasteiger charge is 2.06. The number of aromatic nitrogens is 1. The van der Waals surface area contributed by atoms with Gasteiger partial charge in [-0.1, -0.05) is 60.2 Å². The quantitative estimate of drug-likeness (QED) is 0.493. The van der Waals surface area contributed by atoms with E-state index < -0.39 is 0 Å². The molecule has 0 N–H and O–H groups in total. The Morgan fingerprint density at radius 1 is 1.12 bits per heavy atom. The molecule has 0 unspecified atom stereocenters. The molecule has 0 bridgehead atoms. The lowest BCUT2D eigenvalue weighted by molar-refractivity contribution is -0.139. The predicted octanol–water partition coefficient (Wildman–Crippen LogP) is 4.88. The second-order valence-corrected chi connectivity index (χ2v) is 6.22. The smallest absolute Gasteiger partial charge is 0.331 e. The topological polar surface area (TPSA) is 39.2 Å². The van der Waals surface area contributed by atoms with Gasteiger partial charge in [-0.15, -0.1) is 11.3 Å². The summed E-state index contributed by atoms with van der Waals surface area (Å²) in [6.45, 7) is 2.21. The molecule has 24 heavy (non-hydrogen) atoms. The first-order chi connectivity index (χ1) is 11.7. The number of rotatable bonds is 5. The zero-order chi connectivity index (χ0) is 16.8. The third-order valence-electron chi connectivity index (χ3n) is 3.42. The van der Waals surface area contributed by atoms with Crippen LogP contribution in [0.5, 0.6) is 0 Å². The monoisotopic (exact) mass is 335 g/mol. The SMILES string of the molecule is Cc1ccc(/C=C/C(=O)OCc2csc(-c3ccccc3)n2)cc1. The van der Waals surface area contributed by atoms with Crippen LogP contribution in [0.15, 0.2) is 66.1 Å². The third kappa shape index (κ3) is 4.40. The molecule has 2 aromatic carbocycles. The Morgan fingerprint density at radius 3 is 2.62 bits per heavy atom. The number of aryl methyl sites for hydroxylation is 1. The maximum Gasteiger partial charge on any atom is 0.331 e. The van der Waals surface area contributed by atoms with Crippen molar-refractivity contribution in [2.75, 3.05) is 0 Å². The Balaban J connectivity index is 1.55. The van der Waals surface area contributed by atoms with Crippen molar-refractivity contribution >= 4 is 23.4 Å². The van der Waals surface area contributed by atoms with Gasteiger partial charge in [0.2, 0.25) is 0 Å². The zero-order valence-electron chi connectivity index (χ0n) is 13.3. The van der Waals surface area contributed by atoms with E-state index in [1.807, 2.05) is 66.9 Å². The summed E-state index contributed by atoms with van der Waals surface area (Å²) in [4.78, 5) is 16.3. The number of benzene rings is 2. The van der Waals surface area contributed by atoms with E-state index in [4.69, 9.17) is 4.74 Å². The predicted molar refractivity (Wildman–Crippen MR) is 97.6 cm³/mol. The van der Waals surface area contributed by atoms with Crippen LogP contribution < -0.4 is 0 Å². The van der Waals surface area contributed by atoms with Crippen LogP contribution in [0.2, 0.25) is 0 Å². The Morgan fingerprint density at radius 2 is 1.88 bits per heavy atom. The fourth-order valence-electron chi connectivity index (χ4n) is 2.12. The summed E-state index contributed by atoms with van der Waals surface area (Å²) >= 11 is 1.55. The molecule has 120 valence electrons. The molecular formula is C20H17NO2S. The second kappa shape index (κ2) is 7.70. The minimum absolute atomic E-state index is 0.181. The summed E-state index contributed by atoms with van der Waals surface area (Å²) in [5.74, 6) is -0.371. The van der Waals surface area contributed by atoms with Crippen molar-refractivity contribution in [2.24, 2.45) is 0 Å². The number of nitrogens with zero attached hydrogens (tertiary/aromatic N) is 1. The van der Waals surface area contributed by atoms with Gasteiger partial charge in [-0.2, -0.15) is 0 Å². The molecule has 3 rings (SSSR count). The first kappa shape index (κ1) is 16.1. The molecule has 4 heteroatoms. The van der Waals surface area contributed by atoms with Crippen LogP contribution in [0.3, 0.4) is 0 Å². The van der Waals surface area contributed by atoms with E-state index in [0.29, 0.717) is 0 Å². The third-order valence-corrected chi connectivity index (χ3v) is 4.36. The van der Waals surface area contributed by atoms with Gasteiger partial charge in [-0.3, -0.25) is 0 Å². The highest BCUT2D eigenvalue weighted by atomic mass is 32.1. The van der Waals surface area contributed by atoms with Gasteiger partial charge in [-0.05, 0) is 18.6 Å². The molecule has 0 spiro atoms. The molecule has 0 aliphatic carbocycles. The minimum Gasteiger partial charge on any atom is -0.456 e. The Labute approximate surface area is 145 Å². The summed E-state index contributed by atoms with van der Waals surface area (Å²) in [5, 5.41) is 2.84. The molecule has 3 aromatic rings. The highest BCUT2D eigenvalue weighted by molar-refractivity contribution is 7.13. The maximum atomic E-state index is 11.8. The van der Waals surface area contributed by atoms with Crippen LogP contribution in [0.1, 0.15) is 16.8 Å². The number of carbonyl (C=O) groups is 1. The molecule has 0 amide bonds. The van der Waals surface area contributed by atoms with E-state index in [2.05, 4.69) is 4.98 Å². The lowest BCUT2D eigenvalue weighted by atomic mass is 10.1. The summed E-state index contributed by atoms with van der Waals surface area (Å²) in [6, 6.07) is 17.9. The summed E-state index contributed by atoms with van der Waals surface area (Å²) < 4.78 is 5.24. The molecular weight excluding hydrogens is 318 g/mol. The average molecular weight is 335 g/mol. The van der Waals surface area contributed by atoms with Gasteiger partial charge in [0.25, 0.3) is 0 Å². The van der Waals surface area contributed by atoms with Crippen LogP contribution in [0.4, 0.5) is 0 Å². The van der Waals surface area contributed by atoms with E-state index in [1.54, 1.807) is 17.4 Å². The number of hydrogen-bond donors (Lipinski definition) is 0. The van der Waals surface area contributed by atoms with E-state index in [1.165, 1.54) is 11.6 Å². The standard InChI is InChI=1S/C20H17NO2S/c1-15-7-9-16(10-8-15)11-12-19(22)23-13-18-14-24-20(21-18)17-5-3-2-4-6-17/h2-12,14H,13H2,1H3/b12-11+. The largest absolute Gasteiger partial charge is 0.456 e. The number of esters is 1. The second-order valence-electron chi connectivity index (χ2n) is 5.36. The van der Waals surface area contributed by atoms with Gasteiger partial charge in [-0.25, -0.2) is 9.78 Å². The van der Waals surface area contributed by atoms with Crippen LogP contribution in [-0.2, 0) is 16.1 Å². The van der Waals surface area contributed by atoms with Crippen LogP contribution in [0.25, 0.3) is 16.6 Å². The van der Waals surface area contributed by atoms with Gasteiger partial charge in [0.15, 0.2) is 0 Å². The van der Waals surface area contributed by atoms with E-state index in [-0.39, 0.29) is 12.6 Å². The van der Waals surface area contributed by atoms with E-state index in [0.717, 1.165) is 21.8 Å². The van der Waals surface area contributed by atoms with Crippen molar-refractivity contribution in [1.29, 1.82) is 0 Å². The normalized spacial score (nSPS) is 10.9. The summed E-state index contributed by atoms with van der Waals surface area (Å²) in [5.41, 5.74) is 3.99. The molecule has 0 fully saturated rings. The summed E-state index contributed by atoms with van der Waals surface area (Å²) in [7, 11) is 0. The lowest BCUT2D eigenvalue weighted by Crippen LogP contribution is -2.00. The van der Waals surface area contributed by atoms with E-state index >= 15 is 0 Å². The zero-order valence-corrected chi connectivity index (χ0v) is 14.1. The van der Waals surface area contributed by atoms with Crippen LogP contribution >= 0.6 is 11.3 Å².